The lowest BCUT2D eigenvalue weighted by Crippen LogP contribution is -2.03. The Labute approximate surface area is 159 Å². The predicted molar refractivity (Wildman–Crippen MR) is 117 cm³/mol. The molecule has 0 spiro atoms. The van der Waals surface area contributed by atoms with Crippen LogP contribution in [0.15, 0.2) is 35.5 Å². The van der Waals surface area contributed by atoms with Crippen LogP contribution in [0.5, 0.6) is 0 Å². The highest BCUT2D eigenvalue weighted by atomic mass is 14.2. The van der Waals surface area contributed by atoms with E-state index in [-0.39, 0.29) is 0 Å². The van der Waals surface area contributed by atoms with Crippen molar-refractivity contribution in [2.45, 2.75) is 112 Å². The first-order chi connectivity index (χ1) is 12.2. The van der Waals surface area contributed by atoms with Crippen molar-refractivity contribution in [1.29, 1.82) is 0 Å². The van der Waals surface area contributed by atoms with E-state index in [9.17, 15) is 0 Å². The van der Waals surface area contributed by atoms with E-state index >= 15 is 0 Å². The summed E-state index contributed by atoms with van der Waals surface area (Å²) < 4.78 is 0. The summed E-state index contributed by atoms with van der Waals surface area (Å²) in [5.74, 6) is 1.67. The quantitative estimate of drug-likeness (QED) is 0.309. The van der Waals surface area contributed by atoms with Crippen molar-refractivity contribution >= 4 is 0 Å². The molecule has 0 N–H and O–H groups in total. The first-order valence-corrected chi connectivity index (χ1v) is 11.3. The van der Waals surface area contributed by atoms with Crippen molar-refractivity contribution < 1.29 is 0 Å². The van der Waals surface area contributed by atoms with E-state index < -0.39 is 0 Å². The number of hydrogen-bond donors (Lipinski definition) is 0. The van der Waals surface area contributed by atoms with E-state index in [1.807, 2.05) is 13.8 Å². The Hall–Kier alpha value is -0.780. The standard InChI is InChI=1S/C23H40.C2H6/c1-5-9-10-14-20(8-4)19-21-15-11-16-23(18-17-21)22(12-6-2)13-7-3;1-2/h11,15-16,18,20,22H,5-10,12-14,17,19H2,1-4H3;1-2H3/t20-;/m0./s1. The van der Waals surface area contributed by atoms with Crippen LogP contribution >= 0.6 is 0 Å². The molecular weight excluding hydrogens is 300 g/mol. The molecule has 1 aliphatic rings. The minimum absolute atomic E-state index is 0.778. The molecule has 0 radical (unpaired) electrons. The van der Waals surface area contributed by atoms with Gasteiger partial charge in [-0.2, -0.15) is 0 Å². The van der Waals surface area contributed by atoms with Crippen LogP contribution < -0.4 is 0 Å². The Morgan fingerprint density at radius 2 is 1.56 bits per heavy atom. The first-order valence-electron chi connectivity index (χ1n) is 11.3. The van der Waals surface area contributed by atoms with Gasteiger partial charge in [-0.05, 0) is 43.1 Å². The van der Waals surface area contributed by atoms with E-state index in [1.54, 1.807) is 11.1 Å². The highest BCUT2D eigenvalue weighted by Gasteiger charge is 2.13. The van der Waals surface area contributed by atoms with E-state index in [0.29, 0.717) is 0 Å². The lowest BCUT2D eigenvalue weighted by molar-refractivity contribution is 0.439. The zero-order valence-corrected chi connectivity index (χ0v) is 18.2. The van der Waals surface area contributed by atoms with Gasteiger partial charge < -0.3 is 0 Å². The molecule has 1 rings (SSSR count). The number of allylic oxidation sites excluding steroid dienone is 6. The van der Waals surface area contributed by atoms with Crippen molar-refractivity contribution in [2.24, 2.45) is 11.8 Å². The van der Waals surface area contributed by atoms with Crippen LogP contribution in [0.1, 0.15) is 112 Å². The van der Waals surface area contributed by atoms with Crippen molar-refractivity contribution in [3.05, 3.63) is 35.5 Å². The maximum atomic E-state index is 2.53. The van der Waals surface area contributed by atoms with Gasteiger partial charge in [0.05, 0.1) is 0 Å². The molecule has 0 aliphatic heterocycles. The van der Waals surface area contributed by atoms with Crippen LogP contribution in [0, 0.1) is 11.8 Å². The molecule has 0 bridgehead atoms. The molecule has 0 saturated carbocycles. The van der Waals surface area contributed by atoms with Gasteiger partial charge in [0.15, 0.2) is 0 Å². The molecular formula is C25H46. The van der Waals surface area contributed by atoms with E-state index in [0.717, 1.165) is 11.8 Å². The summed E-state index contributed by atoms with van der Waals surface area (Å²) in [7, 11) is 0. The maximum absolute atomic E-state index is 2.53. The summed E-state index contributed by atoms with van der Waals surface area (Å²) in [5.41, 5.74) is 3.24. The molecule has 0 unspecified atom stereocenters. The fourth-order valence-electron chi connectivity index (χ4n) is 3.81. The molecule has 0 amide bonds. The van der Waals surface area contributed by atoms with Gasteiger partial charge in [0.2, 0.25) is 0 Å². The zero-order valence-electron chi connectivity index (χ0n) is 18.2. The van der Waals surface area contributed by atoms with Crippen molar-refractivity contribution in [2.75, 3.05) is 0 Å². The molecule has 146 valence electrons. The van der Waals surface area contributed by atoms with E-state index in [2.05, 4.69) is 52.0 Å². The second-order valence-electron chi connectivity index (χ2n) is 7.34. The predicted octanol–water partition coefficient (Wildman–Crippen LogP) is 9.04. The first kappa shape index (κ1) is 24.2. The monoisotopic (exact) mass is 346 g/mol. The third kappa shape index (κ3) is 10.7. The van der Waals surface area contributed by atoms with Gasteiger partial charge >= 0.3 is 0 Å². The molecule has 0 aromatic rings. The molecule has 0 aromatic carbocycles. The minimum atomic E-state index is 0.778. The van der Waals surface area contributed by atoms with Crippen LogP contribution in [0.2, 0.25) is 0 Å². The number of hydrogen-bond acceptors (Lipinski definition) is 0. The molecule has 0 heterocycles. The Bertz CT molecular complexity index is 377. The summed E-state index contributed by atoms with van der Waals surface area (Å²) in [5, 5.41) is 0. The third-order valence-corrected chi connectivity index (χ3v) is 5.31. The zero-order chi connectivity index (χ0) is 18.9. The normalized spacial score (nSPS) is 15.2. The Balaban J connectivity index is 0.00000277. The summed E-state index contributed by atoms with van der Waals surface area (Å²) in [6.07, 6.45) is 24.3. The molecule has 0 fully saturated rings. The van der Waals surface area contributed by atoms with Gasteiger partial charge in [0.25, 0.3) is 0 Å². The third-order valence-electron chi connectivity index (χ3n) is 5.31. The molecule has 0 heteroatoms. The molecule has 1 aliphatic carbocycles. The van der Waals surface area contributed by atoms with E-state index in [1.165, 1.54) is 70.6 Å². The number of rotatable bonds is 12. The van der Waals surface area contributed by atoms with Crippen LogP contribution in [0.3, 0.4) is 0 Å². The van der Waals surface area contributed by atoms with Crippen LogP contribution in [0.4, 0.5) is 0 Å². The lowest BCUT2D eigenvalue weighted by atomic mass is 9.88. The second kappa shape index (κ2) is 16.7. The average Bonchev–Trinajstić information content (AvgIpc) is 2.88. The molecule has 0 saturated heterocycles. The molecule has 0 aromatic heterocycles. The smallest absolute Gasteiger partial charge is 0.0130 e. The molecule has 0 nitrogen and oxygen atoms in total. The van der Waals surface area contributed by atoms with Crippen LogP contribution in [-0.2, 0) is 0 Å². The fraction of sp³-hybridized carbons (Fsp3) is 0.760. The summed E-state index contributed by atoms with van der Waals surface area (Å²) >= 11 is 0. The Kier molecular flexibility index (Phi) is 16.2. The second-order valence-corrected chi connectivity index (χ2v) is 7.34. The summed E-state index contributed by atoms with van der Waals surface area (Å²) in [6, 6.07) is 0. The highest BCUT2D eigenvalue weighted by Crippen LogP contribution is 2.29. The van der Waals surface area contributed by atoms with Crippen LogP contribution in [-0.4, -0.2) is 0 Å². The lowest BCUT2D eigenvalue weighted by Gasteiger charge is -2.18. The van der Waals surface area contributed by atoms with Gasteiger partial charge in [-0.15, -0.1) is 0 Å². The van der Waals surface area contributed by atoms with Gasteiger partial charge in [-0.1, -0.05) is 116 Å². The van der Waals surface area contributed by atoms with Gasteiger partial charge in [0, 0.05) is 0 Å². The maximum Gasteiger partial charge on any atom is -0.0130 e. The fourth-order valence-corrected chi connectivity index (χ4v) is 3.81. The van der Waals surface area contributed by atoms with Crippen LogP contribution in [0.25, 0.3) is 0 Å². The topological polar surface area (TPSA) is 0 Å². The highest BCUT2D eigenvalue weighted by molar-refractivity contribution is 5.32. The summed E-state index contributed by atoms with van der Waals surface area (Å²) in [4.78, 5) is 0. The van der Waals surface area contributed by atoms with E-state index in [4.69, 9.17) is 0 Å². The number of unbranched alkanes of at least 4 members (excludes halogenated alkanes) is 2. The van der Waals surface area contributed by atoms with Crippen molar-refractivity contribution in [1.82, 2.24) is 0 Å². The molecule has 25 heavy (non-hydrogen) atoms. The van der Waals surface area contributed by atoms with Crippen molar-refractivity contribution in [3.63, 3.8) is 0 Å². The van der Waals surface area contributed by atoms with Gasteiger partial charge in [-0.25, -0.2) is 0 Å². The largest absolute Gasteiger partial charge is 0.0770 e. The summed E-state index contributed by atoms with van der Waals surface area (Å²) in [6.45, 7) is 13.3. The van der Waals surface area contributed by atoms with Crippen molar-refractivity contribution in [3.8, 4) is 0 Å². The molecule has 1 atom stereocenters. The Morgan fingerprint density at radius 3 is 2.12 bits per heavy atom. The Morgan fingerprint density at radius 1 is 0.880 bits per heavy atom. The average molecular weight is 347 g/mol. The minimum Gasteiger partial charge on any atom is -0.0770 e. The SMILES string of the molecule is CC.CCCCC[C@H](CC)CC1=CC=CC(C(CCC)CCC)=CC1. The van der Waals surface area contributed by atoms with Gasteiger partial charge in [-0.3, -0.25) is 0 Å². The van der Waals surface area contributed by atoms with Gasteiger partial charge in [0.1, 0.15) is 0 Å².